The van der Waals surface area contributed by atoms with Gasteiger partial charge in [0, 0.05) is 6.42 Å². The maximum absolute atomic E-state index is 11.6. The zero-order chi connectivity index (χ0) is 25.0. The van der Waals surface area contributed by atoms with Crippen LogP contribution in [0.1, 0.15) is 167 Å². The first kappa shape index (κ1) is 33.4. The van der Waals surface area contributed by atoms with Crippen LogP contribution in [-0.4, -0.2) is 35.5 Å². The molecule has 0 radical (unpaired) electrons. The zero-order valence-corrected chi connectivity index (χ0v) is 22.9. The third-order valence-corrected chi connectivity index (χ3v) is 6.94. The Morgan fingerprint density at radius 3 is 1.03 bits per heavy atom. The van der Waals surface area contributed by atoms with Gasteiger partial charge < -0.3 is 14.9 Å². The van der Waals surface area contributed by atoms with Gasteiger partial charge in [-0.15, -0.1) is 0 Å². The van der Waals surface area contributed by atoms with E-state index in [0.29, 0.717) is 6.42 Å². The molecule has 0 amide bonds. The van der Waals surface area contributed by atoms with E-state index in [1.165, 1.54) is 141 Å². The Bertz CT molecular complexity index is 395. The summed E-state index contributed by atoms with van der Waals surface area (Å²) in [5.41, 5.74) is 0. The molecule has 0 aromatic rings. The number of rotatable bonds is 28. The van der Waals surface area contributed by atoms with Gasteiger partial charge in [-0.2, -0.15) is 0 Å². The maximum atomic E-state index is 11.6. The predicted octanol–water partition coefficient (Wildman–Crippen LogP) is 8.66. The molecule has 0 atom stereocenters. The van der Waals surface area contributed by atoms with Gasteiger partial charge >= 0.3 is 5.97 Å². The molecule has 0 fully saturated rings. The van der Waals surface area contributed by atoms with Crippen molar-refractivity contribution in [1.29, 1.82) is 0 Å². The van der Waals surface area contributed by atoms with Gasteiger partial charge in [-0.05, 0) is 6.42 Å². The quantitative estimate of drug-likeness (QED) is 0.0861. The molecular formula is C30H60O4. The van der Waals surface area contributed by atoms with Crippen molar-refractivity contribution in [3.63, 3.8) is 0 Å². The van der Waals surface area contributed by atoms with Crippen molar-refractivity contribution in [1.82, 2.24) is 0 Å². The van der Waals surface area contributed by atoms with Crippen LogP contribution in [-0.2, 0) is 9.53 Å². The highest BCUT2D eigenvalue weighted by Crippen LogP contribution is 2.15. The third-order valence-electron chi connectivity index (χ3n) is 6.94. The number of carbonyl (C=O) groups excluding carboxylic acids is 1. The van der Waals surface area contributed by atoms with Crippen molar-refractivity contribution in [3.05, 3.63) is 0 Å². The first-order chi connectivity index (χ1) is 16.7. The van der Waals surface area contributed by atoms with E-state index in [1.54, 1.807) is 0 Å². The molecule has 4 heteroatoms. The lowest BCUT2D eigenvalue weighted by Gasteiger charge is -2.12. The molecule has 0 aromatic heterocycles. The van der Waals surface area contributed by atoms with E-state index in [1.807, 2.05) is 0 Å². The number of aliphatic hydroxyl groups is 2. The smallest absolute Gasteiger partial charge is 0.306 e. The minimum atomic E-state index is -0.762. The minimum absolute atomic E-state index is 0.313. The summed E-state index contributed by atoms with van der Waals surface area (Å²) in [7, 11) is 0. The summed E-state index contributed by atoms with van der Waals surface area (Å²) in [6.45, 7) is 1.65. The Morgan fingerprint density at radius 2 is 0.765 bits per heavy atom. The van der Waals surface area contributed by atoms with Crippen LogP contribution in [0, 0.1) is 0 Å². The zero-order valence-electron chi connectivity index (χ0n) is 22.9. The summed E-state index contributed by atoms with van der Waals surface area (Å²) >= 11 is 0. The summed E-state index contributed by atoms with van der Waals surface area (Å²) in [6, 6.07) is 0. The highest BCUT2D eigenvalue weighted by Gasteiger charge is 2.11. The predicted molar refractivity (Wildman–Crippen MR) is 145 cm³/mol. The summed E-state index contributed by atoms with van der Waals surface area (Å²) in [4.78, 5) is 11.6. The van der Waals surface area contributed by atoms with E-state index in [4.69, 9.17) is 14.9 Å². The van der Waals surface area contributed by atoms with Crippen molar-refractivity contribution in [3.8, 4) is 0 Å². The van der Waals surface area contributed by atoms with E-state index in [9.17, 15) is 4.79 Å². The average Bonchev–Trinajstić information content (AvgIpc) is 2.85. The molecule has 0 aliphatic carbocycles. The molecule has 0 saturated heterocycles. The van der Waals surface area contributed by atoms with Gasteiger partial charge in [-0.3, -0.25) is 4.79 Å². The minimum Gasteiger partial charge on any atom is -0.457 e. The highest BCUT2D eigenvalue weighted by molar-refractivity contribution is 5.69. The fraction of sp³-hybridized carbons (Fsp3) is 0.967. The highest BCUT2D eigenvalue weighted by atomic mass is 16.6. The van der Waals surface area contributed by atoms with Gasteiger partial charge in [0.25, 0.3) is 0 Å². The second-order valence-corrected chi connectivity index (χ2v) is 10.4. The summed E-state index contributed by atoms with van der Waals surface area (Å²) in [5.74, 6) is -0.313. The van der Waals surface area contributed by atoms with Gasteiger partial charge in [-0.1, -0.05) is 155 Å². The lowest BCUT2D eigenvalue weighted by molar-refractivity contribution is -0.153. The number of ether oxygens (including phenoxy) is 1. The number of esters is 1. The van der Waals surface area contributed by atoms with Crippen LogP contribution < -0.4 is 0 Å². The average molecular weight is 485 g/mol. The first-order valence-corrected chi connectivity index (χ1v) is 15.2. The van der Waals surface area contributed by atoms with Gasteiger partial charge in [0.15, 0.2) is 0 Å². The second kappa shape index (κ2) is 28.6. The van der Waals surface area contributed by atoms with Crippen molar-refractivity contribution in [2.45, 2.75) is 174 Å². The standard InChI is InChI=1S/C30H60O4/c1-2-3-4-5-6-7-8-9-10-11-12-13-14-15-16-17-18-19-20-21-22-23-24-25-26-30(33)34-29(27-31)28-32/h29,31-32H,2-28H2,1H3. The van der Waals surface area contributed by atoms with Crippen LogP contribution in [0.2, 0.25) is 0 Å². The number of hydrogen-bond donors (Lipinski definition) is 2. The van der Waals surface area contributed by atoms with E-state index in [-0.39, 0.29) is 19.2 Å². The van der Waals surface area contributed by atoms with Gasteiger partial charge in [0.1, 0.15) is 6.10 Å². The van der Waals surface area contributed by atoms with Crippen LogP contribution in [0.25, 0.3) is 0 Å². The van der Waals surface area contributed by atoms with Crippen molar-refractivity contribution >= 4 is 5.97 Å². The molecule has 0 spiro atoms. The van der Waals surface area contributed by atoms with Gasteiger partial charge in [0.2, 0.25) is 0 Å². The Morgan fingerprint density at radius 1 is 0.500 bits per heavy atom. The van der Waals surface area contributed by atoms with E-state index >= 15 is 0 Å². The van der Waals surface area contributed by atoms with Crippen LogP contribution in [0.3, 0.4) is 0 Å². The molecule has 0 aliphatic rings. The number of hydrogen-bond acceptors (Lipinski definition) is 4. The van der Waals surface area contributed by atoms with Gasteiger partial charge in [0.05, 0.1) is 13.2 Å². The Balaban J connectivity index is 3.12. The van der Waals surface area contributed by atoms with Crippen LogP contribution >= 0.6 is 0 Å². The molecule has 0 aliphatic heterocycles. The fourth-order valence-corrected chi connectivity index (χ4v) is 4.61. The molecule has 34 heavy (non-hydrogen) atoms. The van der Waals surface area contributed by atoms with Crippen molar-refractivity contribution in [2.24, 2.45) is 0 Å². The second-order valence-electron chi connectivity index (χ2n) is 10.4. The molecule has 0 heterocycles. The molecule has 204 valence electrons. The van der Waals surface area contributed by atoms with Crippen molar-refractivity contribution < 1.29 is 19.7 Å². The molecular weight excluding hydrogens is 424 g/mol. The SMILES string of the molecule is CCCCCCCCCCCCCCCCCCCCCCCCCCC(=O)OC(CO)CO. The first-order valence-electron chi connectivity index (χ1n) is 15.2. The molecule has 0 bridgehead atoms. The summed E-state index contributed by atoms with van der Waals surface area (Å²) in [6.07, 6.45) is 32.3. The van der Waals surface area contributed by atoms with Crippen molar-refractivity contribution in [2.75, 3.05) is 13.2 Å². The molecule has 0 rings (SSSR count). The molecule has 2 N–H and O–H groups in total. The Labute approximate surface area is 212 Å². The Kier molecular flexibility index (Phi) is 28.1. The lowest BCUT2D eigenvalue weighted by atomic mass is 10.0. The monoisotopic (exact) mass is 484 g/mol. The van der Waals surface area contributed by atoms with Crippen LogP contribution in [0.15, 0.2) is 0 Å². The maximum Gasteiger partial charge on any atom is 0.306 e. The number of aliphatic hydroxyl groups excluding tert-OH is 2. The molecule has 0 saturated carbocycles. The molecule has 0 aromatic carbocycles. The molecule has 4 nitrogen and oxygen atoms in total. The van der Waals surface area contributed by atoms with E-state index in [0.717, 1.165) is 12.8 Å². The fourth-order valence-electron chi connectivity index (χ4n) is 4.61. The van der Waals surface area contributed by atoms with Gasteiger partial charge in [-0.25, -0.2) is 0 Å². The van der Waals surface area contributed by atoms with E-state index < -0.39 is 6.10 Å². The van der Waals surface area contributed by atoms with E-state index in [2.05, 4.69) is 6.92 Å². The lowest BCUT2D eigenvalue weighted by Crippen LogP contribution is -2.25. The third kappa shape index (κ3) is 26.0. The van der Waals surface area contributed by atoms with Crippen LogP contribution in [0.4, 0.5) is 0 Å². The number of unbranched alkanes of at least 4 members (excludes halogenated alkanes) is 23. The summed E-state index contributed by atoms with van der Waals surface area (Å²) in [5, 5.41) is 17.8. The number of carbonyl (C=O) groups is 1. The summed E-state index contributed by atoms with van der Waals surface area (Å²) < 4.78 is 4.96. The normalized spacial score (nSPS) is 11.4. The largest absolute Gasteiger partial charge is 0.457 e. The topological polar surface area (TPSA) is 66.8 Å². The molecule has 0 unspecified atom stereocenters. The van der Waals surface area contributed by atoms with Crippen LogP contribution in [0.5, 0.6) is 0 Å². The Hall–Kier alpha value is -0.610.